The van der Waals surface area contributed by atoms with Crippen LogP contribution in [0.1, 0.15) is 37.8 Å². The number of halogens is 1. The Labute approximate surface area is 145 Å². The van der Waals surface area contributed by atoms with E-state index in [1.54, 1.807) is 18.0 Å². The summed E-state index contributed by atoms with van der Waals surface area (Å²) in [6, 6.07) is 6.41. The molecule has 1 unspecified atom stereocenters. The second-order valence-corrected chi connectivity index (χ2v) is 7.22. The highest BCUT2D eigenvalue weighted by Gasteiger charge is 2.54. The molecule has 2 fully saturated rings. The van der Waals surface area contributed by atoms with Crippen LogP contribution in [-0.2, 0) is 20.9 Å². The Balaban J connectivity index is 1.52. The molecule has 2 aromatic rings. The van der Waals surface area contributed by atoms with Gasteiger partial charge in [0, 0.05) is 23.6 Å². The number of amides is 1. The molecule has 1 saturated heterocycles. The van der Waals surface area contributed by atoms with Crippen LogP contribution in [0.15, 0.2) is 24.3 Å². The van der Waals surface area contributed by atoms with Gasteiger partial charge in [0.05, 0.1) is 18.9 Å². The molecule has 1 atom stereocenters. The van der Waals surface area contributed by atoms with Gasteiger partial charge in [0.15, 0.2) is 0 Å². The number of carbonyl (C=O) groups is 2. The number of aromatic amines is 1. The molecule has 4 rings (SSSR count). The molecule has 1 N–H and O–H groups in total. The van der Waals surface area contributed by atoms with E-state index in [4.69, 9.17) is 4.74 Å². The summed E-state index contributed by atoms with van der Waals surface area (Å²) in [5, 5.41) is 0.780. The van der Waals surface area contributed by atoms with Gasteiger partial charge in [-0.3, -0.25) is 9.59 Å². The fraction of sp³-hybridized carbons (Fsp3) is 0.474. The molecule has 5 nitrogen and oxygen atoms in total. The van der Waals surface area contributed by atoms with E-state index in [0.717, 1.165) is 42.3 Å². The minimum absolute atomic E-state index is 0.0578. The maximum Gasteiger partial charge on any atom is 0.307 e. The van der Waals surface area contributed by atoms with Gasteiger partial charge in [-0.2, -0.15) is 0 Å². The van der Waals surface area contributed by atoms with Crippen molar-refractivity contribution in [2.75, 3.05) is 7.05 Å². The van der Waals surface area contributed by atoms with Crippen LogP contribution in [0.4, 0.5) is 4.39 Å². The third-order valence-electron chi connectivity index (χ3n) is 5.49. The molecule has 0 bridgehead atoms. The number of H-pyrrole nitrogens is 1. The van der Waals surface area contributed by atoms with Crippen molar-refractivity contribution in [1.82, 2.24) is 9.88 Å². The van der Waals surface area contributed by atoms with Crippen LogP contribution >= 0.6 is 0 Å². The first kappa shape index (κ1) is 16.1. The highest BCUT2D eigenvalue weighted by molar-refractivity contribution is 5.88. The van der Waals surface area contributed by atoms with E-state index in [-0.39, 0.29) is 24.1 Å². The number of nitrogens with one attached hydrogen (secondary N) is 1. The Morgan fingerprint density at radius 3 is 2.88 bits per heavy atom. The van der Waals surface area contributed by atoms with Crippen molar-refractivity contribution < 1.29 is 18.7 Å². The summed E-state index contributed by atoms with van der Waals surface area (Å²) >= 11 is 0. The van der Waals surface area contributed by atoms with Gasteiger partial charge in [0.2, 0.25) is 5.91 Å². The van der Waals surface area contributed by atoms with Gasteiger partial charge >= 0.3 is 5.97 Å². The highest BCUT2D eigenvalue weighted by Crippen LogP contribution is 2.46. The molecule has 1 aromatic heterocycles. The Bertz CT molecular complexity index is 838. The van der Waals surface area contributed by atoms with Crippen molar-refractivity contribution in [3.63, 3.8) is 0 Å². The number of nitrogens with zero attached hydrogens (tertiary/aromatic N) is 1. The minimum atomic E-state index is -0.591. The molecule has 0 radical (unpaired) electrons. The van der Waals surface area contributed by atoms with E-state index in [0.29, 0.717) is 6.54 Å². The SMILES string of the molecule is CN(Cc1cc2cc(F)ccc2[nH]1)C(=O)C1CC(=O)OC12CCCC2. The lowest BCUT2D eigenvalue weighted by Gasteiger charge is -2.30. The zero-order chi connectivity index (χ0) is 17.6. The molecule has 132 valence electrons. The first-order valence-electron chi connectivity index (χ1n) is 8.71. The van der Waals surface area contributed by atoms with Gasteiger partial charge in [-0.05, 0) is 49.9 Å². The topological polar surface area (TPSA) is 62.4 Å². The lowest BCUT2D eigenvalue weighted by Crippen LogP contribution is -2.43. The van der Waals surface area contributed by atoms with Gasteiger partial charge in [0.1, 0.15) is 11.4 Å². The summed E-state index contributed by atoms with van der Waals surface area (Å²) < 4.78 is 18.9. The summed E-state index contributed by atoms with van der Waals surface area (Å²) in [5.74, 6) is -1.01. The predicted molar refractivity (Wildman–Crippen MR) is 90.1 cm³/mol. The van der Waals surface area contributed by atoms with Crippen molar-refractivity contribution in [3.05, 3.63) is 35.8 Å². The summed E-state index contributed by atoms with van der Waals surface area (Å²) in [4.78, 5) is 29.6. The Morgan fingerprint density at radius 2 is 2.12 bits per heavy atom. The number of benzene rings is 1. The Hall–Kier alpha value is -2.37. The van der Waals surface area contributed by atoms with Crippen LogP contribution in [0.5, 0.6) is 0 Å². The average molecular weight is 344 g/mol. The summed E-state index contributed by atoms with van der Waals surface area (Å²) in [6.45, 7) is 0.385. The van der Waals surface area contributed by atoms with Gasteiger partial charge in [-0.25, -0.2) is 4.39 Å². The number of hydrogen-bond acceptors (Lipinski definition) is 3. The van der Waals surface area contributed by atoms with Crippen LogP contribution in [0.2, 0.25) is 0 Å². The summed E-state index contributed by atoms with van der Waals surface area (Å²) in [7, 11) is 1.74. The van der Waals surface area contributed by atoms with Crippen molar-refractivity contribution >= 4 is 22.8 Å². The number of fused-ring (bicyclic) bond motifs is 1. The van der Waals surface area contributed by atoms with Gasteiger partial charge in [0.25, 0.3) is 0 Å². The van der Waals surface area contributed by atoms with Gasteiger partial charge < -0.3 is 14.6 Å². The largest absolute Gasteiger partial charge is 0.458 e. The van der Waals surface area contributed by atoms with Crippen molar-refractivity contribution in [2.45, 2.75) is 44.2 Å². The Kier molecular flexibility index (Phi) is 3.78. The maximum absolute atomic E-state index is 13.3. The zero-order valence-electron chi connectivity index (χ0n) is 14.2. The van der Waals surface area contributed by atoms with Crippen molar-refractivity contribution in [2.24, 2.45) is 5.92 Å². The van der Waals surface area contributed by atoms with Crippen LogP contribution in [-0.4, -0.2) is 34.4 Å². The van der Waals surface area contributed by atoms with E-state index in [1.807, 2.05) is 6.07 Å². The normalized spacial score (nSPS) is 21.8. The number of aromatic nitrogens is 1. The second-order valence-electron chi connectivity index (χ2n) is 7.22. The summed E-state index contributed by atoms with van der Waals surface area (Å²) in [5.41, 5.74) is 1.08. The number of carbonyl (C=O) groups excluding carboxylic acids is 2. The molecule has 2 aliphatic rings. The smallest absolute Gasteiger partial charge is 0.307 e. The maximum atomic E-state index is 13.3. The van der Waals surface area contributed by atoms with E-state index in [9.17, 15) is 14.0 Å². The molecule has 6 heteroatoms. The summed E-state index contributed by atoms with van der Waals surface area (Å²) in [6.07, 6.45) is 3.70. The van der Waals surface area contributed by atoms with Crippen LogP contribution in [0, 0.1) is 11.7 Å². The molecule has 2 heterocycles. The molecule has 1 aliphatic carbocycles. The van der Waals surface area contributed by atoms with Gasteiger partial charge in [-0.15, -0.1) is 0 Å². The first-order chi connectivity index (χ1) is 12.0. The lowest BCUT2D eigenvalue weighted by molar-refractivity contribution is -0.151. The minimum Gasteiger partial charge on any atom is -0.458 e. The van der Waals surface area contributed by atoms with E-state index in [2.05, 4.69) is 4.98 Å². The van der Waals surface area contributed by atoms with Crippen molar-refractivity contribution in [1.29, 1.82) is 0 Å². The predicted octanol–water partition coefficient (Wildman–Crippen LogP) is 3.14. The molecule has 1 saturated carbocycles. The fourth-order valence-electron chi connectivity index (χ4n) is 4.28. The molecular formula is C19H21FN2O3. The number of esters is 1. The number of ether oxygens (including phenoxy) is 1. The van der Waals surface area contributed by atoms with E-state index in [1.165, 1.54) is 12.1 Å². The molecular weight excluding hydrogens is 323 g/mol. The quantitative estimate of drug-likeness (QED) is 0.870. The second kappa shape index (κ2) is 5.86. The molecule has 1 aromatic carbocycles. The van der Waals surface area contributed by atoms with Crippen LogP contribution < -0.4 is 0 Å². The monoisotopic (exact) mass is 344 g/mol. The zero-order valence-corrected chi connectivity index (χ0v) is 14.2. The van der Waals surface area contributed by atoms with Gasteiger partial charge in [-0.1, -0.05) is 0 Å². The lowest BCUT2D eigenvalue weighted by atomic mass is 9.84. The Morgan fingerprint density at radius 1 is 1.36 bits per heavy atom. The van der Waals surface area contributed by atoms with E-state index < -0.39 is 11.5 Å². The average Bonchev–Trinajstić information content (AvgIpc) is 3.26. The molecule has 1 amide bonds. The molecule has 1 spiro atoms. The highest BCUT2D eigenvalue weighted by atomic mass is 19.1. The number of hydrogen-bond donors (Lipinski definition) is 1. The van der Waals surface area contributed by atoms with E-state index >= 15 is 0 Å². The van der Waals surface area contributed by atoms with Crippen LogP contribution in [0.25, 0.3) is 10.9 Å². The van der Waals surface area contributed by atoms with Crippen molar-refractivity contribution in [3.8, 4) is 0 Å². The molecule has 1 aliphatic heterocycles. The third-order valence-corrected chi connectivity index (χ3v) is 5.49. The third kappa shape index (κ3) is 2.79. The molecule has 25 heavy (non-hydrogen) atoms. The standard InChI is InChI=1S/C19H21FN2O3/c1-22(11-14-9-12-8-13(20)4-5-16(12)21-14)18(24)15-10-17(23)25-19(15)6-2-3-7-19/h4-5,8-9,15,21H,2-3,6-7,10-11H2,1H3. The fourth-order valence-corrected chi connectivity index (χ4v) is 4.28. The number of rotatable bonds is 3. The van der Waals surface area contributed by atoms with Crippen LogP contribution in [0.3, 0.4) is 0 Å². The first-order valence-corrected chi connectivity index (χ1v) is 8.71.